The van der Waals surface area contributed by atoms with Crippen molar-refractivity contribution in [2.24, 2.45) is 5.92 Å². The van der Waals surface area contributed by atoms with Crippen LogP contribution in [0.3, 0.4) is 0 Å². The molecule has 3 rings (SSSR count). The number of carbonyl (C=O) groups excluding carboxylic acids is 1. The van der Waals surface area contributed by atoms with Crippen molar-refractivity contribution in [3.63, 3.8) is 0 Å². The highest BCUT2D eigenvalue weighted by Gasteiger charge is 2.20. The first kappa shape index (κ1) is 17.7. The molecule has 0 atom stereocenters. The number of nitrogens with zero attached hydrogens (tertiary/aromatic N) is 4. The van der Waals surface area contributed by atoms with Crippen LogP contribution in [0, 0.1) is 5.92 Å². The summed E-state index contributed by atoms with van der Waals surface area (Å²) in [6, 6.07) is 7.81. The number of ether oxygens (including phenoxy) is 1. The maximum Gasteiger partial charge on any atom is 0.230 e. The van der Waals surface area contributed by atoms with Crippen LogP contribution in [0.1, 0.15) is 32.6 Å². The Hall–Kier alpha value is -2.09. The summed E-state index contributed by atoms with van der Waals surface area (Å²) in [7, 11) is 1.61. The highest BCUT2D eigenvalue weighted by molar-refractivity contribution is 7.99. The fourth-order valence-electron chi connectivity index (χ4n) is 3.03. The van der Waals surface area contributed by atoms with E-state index in [9.17, 15) is 4.79 Å². The second-order valence-corrected chi connectivity index (χ2v) is 7.30. The first-order valence-electron chi connectivity index (χ1n) is 8.51. The van der Waals surface area contributed by atoms with E-state index >= 15 is 0 Å². The highest BCUT2D eigenvalue weighted by Crippen LogP contribution is 2.26. The van der Waals surface area contributed by atoms with Crippen molar-refractivity contribution in [2.75, 3.05) is 12.9 Å². The summed E-state index contributed by atoms with van der Waals surface area (Å²) in [5, 5.41) is 15.5. The average Bonchev–Trinajstić information content (AvgIpc) is 3.10. The Bertz CT molecular complexity index is 713. The number of benzene rings is 1. The second-order valence-electron chi connectivity index (χ2n) is 6.36. The predicted octanol–water partition coefficient (Wildman–Crippen LogP) is 2.46. The number of rotatable bonds is 6. The van der Waals surface area contributed by atoms with Crippen molar-refractivity contribution in [1.29, 1.82) is 0 Å². The molecule has 2 aromatic rings. The minimum Gasteiger partial charge on any atom is -0.494 e. The number of nitrogens with one attached hydrogen (secondary N) is 1. The maximum absolute atomic E-state index is 12.2. The zero-order chi connectivity index (χ0) is 17.6. The summed E-state index contributed by atoms with van der Waals surface area (Å²) in [6.45, 7) is 2.27. The second kappa shape index (κ2) is 8.33. The van der Waals surface area contributed by atoms with Gasteiger partial charge in [0.15, 0.2) is 0 Å². The molecule has 1 N–H and O–H groups in total. The summed E-state index contributed by atoms with van der Waals surface area (Å²) < 4.78 is 6.95. The van der Waals surface area contributed by atoms with E-state index in [1.165, 1.54) is 24.6 Å². The molecule has 0 bridgehead atoms. The Kier molecular flexibility index (Phi) is 5.91. The zero-order valence-corrected chi connectivity index (χ0v) is 15.3. The largest absolute Gasteiger partial charge is 0.494 e. The normalized spacial score (nSPS) is 20.2. The molecular formula is C17H23N5O2S. The van der Waals surface area contributed by atoms with Crippen LogP contribution in [0.5, 0.6) is 5.75 Å². The number of aromatic nitrogens is 4. The van der Waals surface area contributed by atoms with Gasteiger partial charge in [-0.15, -0.1) is 5.10 Å². The molecule has 0 unspecified atom stereocenters. The molecular weight excluding hydrogens is 338 g/mol. The van der Waals surface area contributed by atoms with Crippen molar-refractivity contribution in [3.05, 3.63) is 24.3 Å². The van der Waals surface area contributed by atoms with Gasteiger partial charge >= 0.3 is 0 Å². The van der Waals surface area contributed by atoms with Crippen LogP contribution in [0.15, 0.2) is 29.4 Å². The third kappa shape index (κ3) is 4.50. The van der Waals surface area contributed by atoms with Crippen LogP contribution < -0.4 is 10.1 Å². The predicted molar refractivity (Wildman–Crippen MR) is 96.0 cm³/mol. The fraction of sp³-hybridized carbons (Fsp3) is 0.529. The molecule has 0 radical (unpaired) electrons. The molecule has 25 heavy (non-hydrogen) atoms. The van der Waals surface area contributed by atoms with E-state index in [1.807, 2.05) is 24.3 Å². The third-order valence-corrected chi connectivity index (χ3v) is 5.39. The molecule has 1 amide bonds. The van der Waals surface area contributed by atoms with Crippen molar-refractivity contribution in [2.45, 2.75) is 43.8 Å². The smallest absolute Gasteiger partial charge is 0.230 e. The topological polar surface area (TPSA) is 81.9 Å². The number of tetrazole rings is 1. The third-order valence-electron chi connectivity index (χ3n) is 4.47. The lowest BCUT2D eigenvalue weighted by atomic mass is 9.87. The first-order valence-corrected chi connectivity index (χ1v) is 9.50. The van der Waals surface area contributed by atoms with Crippen molar-refractivity contribution in [3.8, 4) is 11.4 Å². The zero-order valence-electron chi connectivity index (χ0n) is 14.5. The molecule has 1 aliphatic rings. The Morgan fingerprint density at radius 1 is 1.32 bits per heavy atom. The van der Waals surface area contributed by atoms with Crippen LogP contribution in [0.2, 0.25) is 0 Å². The van der Waals surface area contributed by atoms with E-state index in [2.05, 4.69) is 27.8 Å². The van der Waals surface area contributed by atoms with Gasteiger partial charge in [0.25, 0.3) is 0 Å². The van der Waals surface area contributed by atoms with Gasteiger partial charge in [-0.3, -0.25) is 4.79 Å². The van der Waals surface area contributed by atoms with Crippen LogP contribution in [-0.2, 0) is 4.79 Å². The van der Waals surface area contributed by atoms with Gasteiger partial charge in [0, 0.05) is 6.04 Å². The molecule has 8 heteroatoms. The van der Waals surface area contributed by atoms with E-state index in [4.69, 9.17) is 4.74 Å². The van der Waals surface area contributed by atoms with Gasteiger partial charge in [-0.2, -0.15) is 4.68 Å². The van der Waals surface area contributed by atoms with E-state index in [0.717, 1.165) is 24.4 Å². The quantitative estimate of drug-likeness (QED) is 0.796. The van der Waals surface area contributed by atoms with Gasteiger partial charge in [0.05, 0.1) is 12.9 Å². The summed E-state index contributed by atoms with van der Waals surface area (Å²) in [6.07, 6.45) is 4.50. The Balaban J connectivity index is 1.59. The molecule has 7 nitrogen and oxygen atoms in total. The Morgan fingerprint density at radius 2 is 2.08 bits per heavy atom. The molecule has 1 heterocycles. The van der Waals surface area contributed by atoms with Gasteiger partial charge in [0.2, 0.25) is 11.1 Å². The summed E-state index contributed by atoms with van der Waals surface area (Å²) in [4.78, 5) is 12.2. The van der Waals surface area contributed by atoms with Gasteiger partial charge in [-0.1, -0.05) is 30.8 Å². The lowest BCUT2D eigenvalue weighted by molar-refractivity contribution is -0.119. The molecule has 0 aliphatic heterocycles. The number of hydrogen-bond acceptors (Lipinski definition) is 6. The standard InChI is InChI=1S/C17H23N5O2S/c1-12-7-9-13(10-8-12)18-16(23)11-25-17-19-20-21-22(17)14-5-3-4-6-15(14)24-2/h3-6,12-13H,7-11H2,1-2H3,(H,18,23). The molecule has 0 spiro atoms. The number of carbonyl (C=O) groups is 1. The van der Waals surface area contributed by atoms with Crippen molar-refractivity contribution < 1.29 is 9.53 Å². The Labute approximate surface area is 151 Å². The molecule has 1 aliphatic carbocycles. The summed E-state index contributed by atoms with van der Waals surface area (Å²) >= 11 is 1.32. The molecule has 0 saturated heterocycles. The van der Waals surface area contributed by atoms with Gasteiger partial charge in [-0.25, -0.2) is 0 Å². The van der Waals surface area contributed by atoms with Gasteiger partial charge in [0.1, 0.15) is 11.4 Å². The minimum atomic E-state index is 0.0270. The average molecular weight is 361 g/mol. The van der Waals surface area contributed by atoms with Crippen LogP contribution >= 0.6 is 11.8 Å². The van der Waals surface area contributed by atoms with E-state index in [1.54, 1.807) is 11.8 Å². The highest BCUT2D eigenvalue weighted by atomic mass is 32.2. The van der Waals surface area contributed by atoms with Crippen LogP contribution in [0.25, 0.3) is 5.69 Å². The molecule has 1 fully saturated rings. The molecule has 1 aromatic carbocycles. The minimum absolute atomic E-state index is 0.0270. The Morgan fingerprint density at radius 3 is 2.84 bits per heavy atom. The number of para-hydroxylation sites is 2. The van der Waals surface area contributed by atoms with E-state index < -0.39 is 0 Å². The van der Waals surface area contributed by atoms with Crippen LogP contribution in [-0.4, -0.2) is 45.0 Å². The van der Waals surface area contributed by atoms with E-state index in [-0.39, 0.29) is 5.91 Å². The molecule has 134 valence electrons. The lowest BCUT2D eigenvalue weighted by Crippen LogP contribution is -2.38. The SMILES string of the molecule is COc1ccccc1-n1nnnc1SCC(=O)NC1CCC(C)CC1. The van der Waals surface area contributed by atoms with Crippen molar-refractivity contribution >= 4 is 17.7 Å². The van der Waals surface area contributed by atoms with Gasteiger partial charge < -0.3 is 10.1 Å². The van der Waals surface area contributed by atoms with Crippen molar-refractivity contribution in [1.82, 2.24) is 25.5 Å². The van der Waals surface area contributed by atoms with Gasteiger partial charge in [-0.05, 0) is 54.2 Å². The number of hydrogen-bond donors (Lipinski definition) is 1. The molecule has 1 saturated carbocycles. The number of thioether (sulfide) groups is 1. The first-order chi connectivity index (χ1) is 12.2. The molecule has 1 aromatic heterocycles. The van der Waals surface area contributed by atoms with Crippen LogP contribution in [0.4, 0.5) is 0 Å². The van der Waals surface area contributed by atoms with E-state index in [0.29, 0.717) is 22.7 Å². The number of amides is 1. The fourth-order valence-corrected chi connectivity index (χ4v) is 3.72. The summed E-state index contributed by atoms with van der Waals surface area (Å²) in [5.41, 5.74) is 0.749. The number of methoxy groups -OCH3 is 1. The maximum atomic E-state index is 12.2. The monoisotopic (exact) mass is 361 g/mol. The lowest BCUT2D eigenvalue weighted by Gasteiger charge is -2.26. The summed E-state index contributed by atoms with van der Waals surface area (Å²) in [5.74, 6) is 1.77.